The molecular formula is C22H32O8. The van der Waals surface area contributed by atoms with Gasteiger partial charge in [-0.2, -0.15) is 0 Å². The Balaban J connectivity index is 2.41. The first-order valence-electron chi connectivity index (χ1n) is 10.3. The lowest BCUT2D eigenvalue weighted by molar-refractivity contribution is -0.227. The maximum Gasteiger partial charge on any atom is 0.303 e. The van der Waals surface area contributed by atoms with Gasteiger partial charge in [-0.1, -0.05) is 27.7 Å². The molecule has 8 nitrogen and oxygen atoms in total. The summed E-state index contributed by atoms with van der Waals surface area (Å²) in [5.41, 5.74) is -4.21. The summed E-state index contributed by atoms with van der Waals surface area (Å²) in [6.07, 6.45) is -5.98. The van der Waals surface area contributed by atoms with E-state index in [1.807, 2.05) is 0 Å². The van der Waals surface area contributed by atoms with E-state index in [0.717, 1.165) is 6.92 Å². The molecule has 3 aliphatic carbocycles. The highest BCUT2D eigenvalue weighted by Crippen LogP contribution is 2.59. The lowest BCUT2D eigenvalue weighted by atomic mass is 9.46. The van der Waals surface area contributed by atoms with Crippen LogP contribution >= 0.6 is 0 Å². The van der Waals surface area contributed by atoms with Gasteiger partial charge in [0, 0.05) is 24.2 Å². The monoisotopic (exact) mass is 424 g/mol. The number of aliphatic hydroxyl groups excluding tert-OH is 3. The summed E-state index contributed by atoms with van der Waals surface area (Å²) in [7, 11) is 0. The molecule has 3 rings (SSSR count). The highest BCUT2D eigenvalue weighted by molar-refractivity contribution is 6.00. The van der Waals surface area contributed by atoms with E-state index in [9.17, 15) is 34.8 Å². The molecule has 2 bridgehead atoms. The Morgan fingerprint density at radius 1 is 1.10 bits per heavy atom. The van der Waals surface area contributed by atoms with Gasteiger partial charge in [0.2, 0.25) is 0 Å². The van der Waals surface area contributed by atoms with E-state index in [1.54, 1.807) is 27.7 Å². The minimum absolute atomic E-state index is 0.0135. The number of carbonyl (C=O) groups is 3. The number of esters is 1. The second kappa shape index (κ2) is 6.95. The van der Waals surface area contributed by atoms with Crippen LogP contribution in [0.2, 0.25) is 0 Å². The van der Waals surface area contributed by atoms with E-state index in [2.05, 4.69) is 0 Å². The smallest absolute Gasteiger partial charge is 0.303 e. The molecule has 0 aliphatic heterocycles. The first-order valence-corrected chi connectivity index (χ1v) is 10.3. The van der Waals surface area contributed by atoms with Gasteiger partial charge in [-0.25, -0.2) is 0 Å². The second-order valence-electron chi connectivity index (χ2n) is 9.98. The third-order valence-electron chi connectivity index (χ3n) is 8.19. The van der Waals surface area contributed by atoms with Crippen molar-refractivity contribution in [3.8, 4) is 0 Å². The predicted octanol–water partition coefficient (Wildman–Crippen LogP) is 0.292. The number of aliphatic hydroxyl groups is 4. The third kappa shape index (κ3) is 2.77. The molecular weight excluding hydrogens is 392 g/mol. The summed E-state index contributed by atoms with van der Waals surface area (Å²) < 4.78 is 5.53. The molecule has 1 unspecified atom stereocenters. The van der Waals surface area contributed by atoms with E-state index in [-0.39, 0.29) is 18.4 Å². The molecule has 0 heterocycles. The number of hydrogen-bond donors (Lipinski definition) is 4. The molecule has 0 aromatic carbocycles. The molecule has 2 fully saturated rings. The van der Waals surface area contributed by atoms with Crippen LogP contribution in [-0.2, 0) is 19.1 Å². The minimum Gasteiger partial charge on any atom is -0.459 e. The first-order chi connectivity index (χ1) is 13.6. The molecule has 0 spiro atoms. The van der Waals surface area contributed by atoms with Crippen LogP contribution in [-0.4, -0.2) is 68.0 Å². The largest absolute Gasteiger partial charge is 0.459 e. The highest BCUT2D eigenvalue weighted by atomic mass is 16.6. The lowest BCUT2D eigenvalue weighted by Crippen LogP contribution is -2.72. The van der Waals surface area contributed by atoms with Crippen molar-refractivity contribution < 1.29 is 39.5 Å². The van der Waals surface area contributed by atoms with Crippen molar-refractivity contribution in [2.24, 2.45) is 22.7 Å². The summed E-state index contributed by atoms with van der Waals surface area (Å²) in [4.78, 5) is 38.9. The van der Waals surface area contributed by atoms with Crippen LogP contribution in [0, 0.1) is 22.7 Å². The van der Waals surface area contributed by atoms with Crippen LogP contribution in [0.25, 0.3) is 0 Å². The van der Waals surface area contributed by atoms with E-state index in [1.165, 1.54) is 6.92 Å². The van der Waals surface area contributed by atoms with Gasteiger partial charge < -0.3 is 25.2 Å². The van der Waals surface area contributed by atoms with Crippen molar-refractivity contribution in [3.63, 3.8) is 0 Å². The summed E-state index contributed by atoms with van der Waals surface area (Å²) in [6, 6.07) is 0. The van der Waals surface area contributed by atoms with Crippen LogP contribution in [0.5, 0.6) is 0 Å². The lowest BCUT2D eigenvalue weighted by Gasteiger charge is -2.60. The molecule has 8 atom stereocenters. The Morgan fingerprint density at radius 3 is 2.20 bits per heavy atom. The Morgan fingerprint density at radius 2 is 1.67 bits per heavy atom. The molecule has 0 saturated heterocycles. The molecule has 0 aromatic heterocycles. The number of ether oxygens (including phenoxy) is 1. The summed E-state index contributed by atoms with van der Waals surface area (Å²) >= 11 is 0. The Bertz CT molecular complexity index is 829. The molecule has 4 N–H and O–H groups in total. The van der Waals surface area contributed by atoms with E-state index in [4.69, 9.17) is 4.74 Å². The predicted molar refractivity (Wildman–Crippen MR) is 105 cm³/mol. The number of carbonyl (C=O) groups excluding carboxylic acids is 3. The minimum atomic E-state index is -1.97. The SMILES string of the molecule is CC(=O)O[C@H]1C2C(=O)[C@@H](O)C[C@H](C)[C@@]2(C)C(=O)[C@H](O)C2=C(C)[C@@H](O)C[C@]1(O)C2(C)C. The van der Waals surface area contributed by atoms with Gasteiger partial charge in [-0.05, 0) is 30.4 Å². The Labute approximate surface area is 175 Å². The number of fused-ring (bicyclic) bond motifs is 3. The fourth-order valence-corrected chi connectivity index (χ4v) is 6.05. The summed E-state index contributed by atoms with van der Waals surface area (Å²) in [5, 5.41) is 44.2. The standard InChI is InChI=1S/C22H32O8/c1-9-7-12(24)16(26)15-19(30-11(3)23)22(29)8-13(25)10(2)14(20(22,4)5)17(27)18(28)21(9,15)6/h9,12-13,15,17,19,24-25,27,29H,7-8H2,1-6H3/t9-,12-,13-,15?,17+,19-,21+,22+/m0/s1. The first kappa shape index (κ1) is 23.1. The van der Waals surface area contributed by atoms with Gasteiger partial charge in [-0.15, -0.1) is 0 Å². The average molecular weight is 424 g/mol. The zero-order valence-electron chi connectivity index (χ0n) is 18.3. The van der Waals surface area contributed by atoms with Gasteiger partial charge in [0.1, 0.15) is 23.9 Å². The third-order valence-corrected chi connectivity index (χ3v) is 8.19. The van der Waals surface area contributed by atoms with Crippen molar-refractivity contribution in [1.29, 1.82) is 0 Å². The van der Waals surface area contributed by atoms with Crippen LogP contribution in [0.3, 0.4) is 0 Å². The van der Waals surface area contributed by atoms with Gasteiger partial charge in [-0.3, -0.25) is 14.4 Å². The fourth-order valence-electron chi connectivity index (χ4n) is 6.05. The fraction of sp³-hybridized carbons (Fsp3) is 0.773. The van der Waals surface area contributed by atoms with Gasteiger partial charge in [0.05, 0.1) is 12.0 Å². The van der Waals surface area contributed by atoms with Crippen LogP contribution in [0.15, 0.2) is 11.1 Å². The maximum absolute atomic E-state index is 13.7. The van der Waals surface area contributed by atoms with Crippen molar-refractivity contribution >= 4 is 17.5 Å². The normalized spacial score (nSPS) is 46.1. The van der Waals surface area contributed by atoms with Crippen molar-refractivity contribution in [2.75, 3.05) is 0 Å². The Hall–Kier alpha value is -1.61. The number of rotatable bonds is 1. The van der Waals surface area contributed by atoms with Gasteiger partial charge in [0.25, 0.3) is 0 Å². The van der Waals surface area contributed by atoms with Crippen molar-refractivity contribution in [2.45, 2.75) is 84.4 Å². The average Bonchev–Trinajstić information content (AvgIpc) is 2.62. The molecule has 3 aliphatic rings. The van der Waals surface area contributed by atoms with Crippen molar-refractivity contribution in [1.82, 2.24) is 0 Å². The summed E-state index contributed by atoms with van der Waals surface area (Å²) in [6.45, 7) is 9.15. The van der Waals surface area contributed by atoms with Crippen LogP contribution in [0.1, 0.15) is 54.4 Å². The van der Waals surface area contributed by atoms with Crippen LogP contribution in [0.4, 0.5) is 0 Å². The topological polar surface area (TPSA) is 141 Å². The number of ketones is 2. The summed E-state index contributed by atoms with van der Waals surface area (Å²) in [5.74, 6) is -4.03. The second-order valence-corrected chi connectivity index (χ2v) is 9.98. The van der Waals surface area contributed by atoms with E-state index < -0.39 is 70.2 Å². The molecule has 0 amide bonds. The number of hydrogen-bond acceptors (Lipinski definition) is 8. The van der Waals surface area contributed by atoms with Crippen molar-refractivity contribution in [3.05, 3.63) is 11.1 Å². The molecule has 2 saturated carbocycles. The highest BCUT2D eigenvalue weighted by Gasteiger charge is 2.70. The van der Waals surface area contributed by atoms with E-state index in [0.29, 0.717) is 5.57 Å². The van der Waals surface area contributed by atoms with E-state index >= 15 is 0 Å². The van der Waals surface area contributed by atoms with Gasteiger partial charge >= 0.3 is 5.97 Å². The molecule has 0 aromatic rings. The van der Waals surface area contributed by atoms with Gasteiger partial charge in [0.15, 0.2) is 11.6 Å². The zero-order chi connectivity index (χ0) is 23.0. The van der Waals surface area contributed by atoms with Crippen LogP contribution < -0.4 is 0 Å². The Kier molecular flexibility index (Phi) is 5.34. The molecule has 8 heteroatoms. The molecule has 0 radical (unpaired) electrons. The quantitative estimate of drug-likeness (QED) is 0.348. The molecule has 168 valence electrons. The number of Topliss-reactive ketones (excluding diaryl/α,β-unsaturated/α-hetero) is 2. The zero-order valence-corrected chi connectivity index (χ0v) is 18.3. The maximum atomic E-state index is 13.7. The molecule has 30 heavy (non-hydrogen) atoms.